The lowest BCUT2D eigenvalue weighted by molar-refractivity contribution is 0.101. The second-order valence-electron chi connectivity index (χ2n) is 3.93. The smallest absolute Gasteiger partial charge is 0.295 e. The summed E-state index contributed by atoms with van der Waals surface area (Å²) < 4.78 is 1.67. The SMILES string of the molecule is CCc1nc(C(=O)Nc2cn(C)nc2CC)n[nH]1. The third kappa shape index (κ3) is 2.39. The van der Waals surface area contributed by atoms with Crippen molar-refractivity contribution >= 4 is 11.6 Å². The van der Waals surface area contributed by atoms with Crippen molar-refractivity contribution < 1.29 is 4.79 Å². The minimum absolute atomic E-state index is 0.151. The second-order valence-corrected chi connectivity index (χ2v) is 3.93. The van der Waals surface area contributed by atoms with Crippen LogP contribution in [0.15, 0.2) is 6.20 Å². The molecule has 0 saturated heterocycles. The molecule has 0 bridgehead atoms. The molecule has 0 spiro atoms. The van der Waals surface area contributed by atoms with E-state index in [2.05, 4.69) is 25.6 Å². The fourth-order valence-electron chi connectivity index (χ4n) is 1.63. The summed E-state index contributed by atoms with van der Waals surface area (Å²) in [6, 6.07) is 0. The summed E-state index contributed by atoms with van der Waals surface area (Å²) in [6.45, 7) is 3.93. The average molecular weight is 248 g/mol. The van der Waals surface area contributed by atoms with Crippen LogP contribution in [-0.2, 0) is 19.9 Å². The summed E-state index contributed by atoms with van der Waals surface area (Å²) in [7, 11) is 1.82. The lowest BCUT2D eigenvalue weighted by atomic mass is 10.3. The molecule has 2 N–H and O–H groups in total. The van der Waals surface area contributed by atoms with E-state index in [1.165, 1.54) is 0 Å². The summed E-state index contributed by atoms with van der Waals surface area (Å²) >= 11 is 0. The zero-order chi connectivity index (χ0) is 13.1. The van der Waals surface area contributed by atoms with Crippen molar-refractivity contribution in [3.8, 4) is 0 Å². The molecule has 0 fully saturated rings. The van der Waals surface area contributed by atoms with Gasteiger partial charge < -0.3 is 5.32 Å². The summed E-state index contributed by atoms with van der Waals surface area (Å²) in [4.78, 5) is 16.0. The van der Waals surface area contributed by atoms with Gasteiger partial charge in [-0.25, -0.2) is 4.98 Å². The van der Waals surface area contributed by atoms with E-state index in [-0.39, 0.29) is 11.7 Å². The van der Waals surface area contributed by atoms with Crippen LogP contribution in [0, 0.1) is 0 Å². The molecule has 7 nitrogen and oxygen atoms in total. The number of hydrogen-bond donors (Lipinski definition) is 2. The van der Waals surface area contributed by atoms with Gasteiger partial charge >= 0.3 is 0 Å². The Bertz CT molecular complexity index is 556. The van der Waals surface area contributed by atoms with E-state index in [1.807, 2.05) is 20.9 Å². The number of rotatable bonds is 4. The van der Waals surface area contributed by atoms with Crippen molar-refractivity contribution in [3.05, 3.63) is 23.5 Å². The standard InChI is InChI=1S/C11H16N6O/c1-4-7-8(6-17(3)16-7)12-11(18)10-13-9(5-2)14-15-10/h6H,4-5H2,1-3H3,(H,12,18)(H,13,14,15). The number of nitrogens with zero attached hydrogens (tertiary/aromatic N) is 4. The van der Waals surface area contributed by atoms with Crippen LogP contribution in [-0.4, -0.2) is 30.9 Å². The maximum Gasteiger partial charge on any atom is 0.295 e. The van der Waals surface area contributed by atoms with E-state index < -0.39 is 0 Å². The molecule has 0 aromatic carbocycles. The maximum atomic E-state index is 11.9. The summed E-state index contributed by atoms with van der Waals surface area (Å²) in [5, 5.41) is 13.6. The summed E-state index contributed by atoms with van der Waals surface area (Å²) in [6.07, 6.45) is 3.24. The number of amides is 1. The first-order chi connectivity index (χ1) is 8.63. The van der Waals surface area contributed by atoms with Gasteiger partial charge in [0.2, 0.25) is 5.82 Å². The van der Waals surface area contributed by atoms with Gasteiger partial charge in [0, 0.05) is 19.7 Å². The monoisotopic (exact) mass is 248 g/mol. The Hall–Kier alpha value is -2.18. The Labute approximate surface area is 105 Å². The van der Waals surface area contributed by atoms with Crippen LogP contribution in [0.2, 0.25) is 0 Å². The molecule has 0 radical (unpaired) electrons. The molecule has 2 aromatic heterocycles. The topological polar surface area (TPSA) is 88.5 Å². The fourth-order valence-corrected chi connectivity index (χ4v) is 1.63. The number of carbonyl (C=O) groups is 1. The van der Waals surface area contributed by atoms with Crippen LogP contribution in [0.5, 0.6) is 0 Å². The Morgan fingerprint density at radius 3 is 2.83 bits per heavy atom. The van der Waals surface area contributed by atoms with E-state index >= 15 is 0 Å². The highest BCUT2D eigenvalue weighted by Gasteiger charge is 2.15. The van der Waals surface area contributed by atoms with E-state index in [0.717, 1.165) is 12.1 Å². The molecule has 2 aromatic rings. The summed E-state index contributed by atoms with van der Waals surface area (Å²) in [5.74, 6) is 0.522. The molecule has 0 saturated carbocycles. The molecule has 0 aliphatic rings. The minimum atomic E-state index is -0.325. The largest absolute Gasteiger partial charge is 0.316 e. The zero-order valence-corrected chi connectivity index (χ0v) is 10.7. The highest BCUT2D eigenvalue weighted by Crippen LogP contribution is 2.14. The molecule has 0 aliphatic heterocycles. The third-order valence-electron chi connectivity index (χ3n) is 2.56. The molecule has 0 atom stereocenters. The van der Waals surface area contributed by atoms with E-state index in [1.54, 1.807) is 10.9 Å². The van der Waals surface area contributed by atoms with Gasteiger partial charge in [0.05, 0.1) is 11.4 Å². The van der Waals surface area contributed by atoms with E-state index in [0.29, 0.717) is 17.9 Å². The van der Waals surface area contributed by atoms with Gasteiger partial charge in [-0.2, -0.15) is 5.10 Å². The molecule has 18 heavy (non-hydrogen) atoms. The van der Waals surface area contributed by atoms with Crippen LogP contribution < -0.4 is 5.32 Å². The van der Waals surface area contributed by atoms with Gasteiger partial charge in [0.1, 0.15) is 5.82 Å². The number of aryl methyl sites for hydroxylation is 3. The van der Waals surface area contributed by atoms with E-state index in [9.17, 15) is 4.79 Å². The van der Waals surface area contributed by atoms with Crippen LogP contribution >= 0.6 is 0 Å². The first-order valence-corrected chi connectivity index (χ1v) is 5.89. The Kier molecular flexibility index (Phi) is 3.40. The molecule has 0 aliphatic carbocycles. The quantitative estimate of drug-likeness (QED) is 0.842. The molecule has 2 rings (SSSR count). The number of nitrogens with one attached hydrogen (secondary N) is 2. The lowest BCUT2D eigenvalue weighted by Gasteiger charge is -2.00. The van der Waals surface area contributed by atoms with Crippen molar-refractivity contribution in [2.45, 2.75) is 26.7 Å². The van der Waals surface area contributed by atoms with Crippen molar-refractivity contribution in [2.75, 3.05) is 5.32 Å². The normalized spacial score (nSPS) is 10.6. The molecule has 0 unspecified atom stereocenters. The van der Waals surface area contributed by atoms with Crippen LogP contribution in [0.3, 0.4) is 0 Å². The first-order valence-electron chi connectivity index (χ1n) is 5.89. The van der Waals surface area contributed by atoms with Gasteiger partial charge in [-0.1, -0.05) is 13.8 Å². The predicted molar refractivity (Wildman–Crippen MR) is 66.3 cm³/mol. The number of hydrogen-bond acceptors (Lipinski definition) is 4. The third-order valence-corrected chi connectivity index (χ3v) is 2.56. The molecular formula is C11H16N6O. The van der Waals surface area contributed by atoms with Crippen molar-refractivity contribution in [1.82, 2.24) is 25.0 Å². The maximum absolute atomic E-state index is 11.9. The number of H-pyrrole nitrogens is 1. The van der Waals surface area contributed by atoms with Crippen molar-refractivity contribution in [3.63, 3.8) is 0 Å². The number of aromatic nitrogens is 5. The highest BCUT2D eigenvalue weighted by atomic mass is 16.2. The highest BCUT2D eigenvalue weighted by molar-refractivity contribution is 6.01. The molecule has 7 heteroatoms. The Balaban J connectivity index is 2.15. The predicted octanol–water partition coefficient (Wildman–Crippen LogP) is 0.915. The van der Waals surface area contributed by atoms with Gasteiger partial charge in [-0.15, -0.1) is 5.10 Å². The van der Waals surface area contributed by atoms with Gasteiger partial charge in [0.25, 0.3) is 5.91 Å². The van der Waals surface area contributed by atoms with Crippen LogP contribution in [0.1, 0.15) is 36.0 Å². The zero-order valence-electron chi connectivity index (χ0n) is 10.7. The molecule has 96 valence electrons. The average Bonchev–Trinajstić information content (AvgIpc) is 2.95. The fraction of sp³-hybridized carbons (Fsp3) is 0.455. The Morgan fingerprint density at radius 1 is 1.44 bits per heavy atom. The molecule has 1 amide bonds. The Morgan fingerprint density at radius 2 is 2.22 bits per heavy atom. The van der Waals surface area contributed by atoms with Crippen LogP contribution in [0.25, 0.3) is 0 Å². The number of anilines is 1. The van der Waals surface area contributed by atoms with Crippen molar-refractivity contribution in [1.29, 1.82) is 0 Å². The number of carbonyl (C=O) groups excluding carboxylic acids is 1. The second kappa shape index (κ2) is 4.99. The van der Waals surface area contributed by atoms with Gasteiger partial charge in [0.15, 0.2) is 0 Å². The number of aromatic amines is 1. The van der Waals surface area contributed by atoms with Crippen LogP contribution in [0.4, 0.5) is 5.69 Å². The van der Waals surface area contributed by atoms with Gasteiger partial charge in [-0.3, -0.25) is 14.6 Å². The molecule has 2 heterocycles. The molecular weight excluding hydrogens is 232 g/mol. The van der Waals surface area contributed by atoms with E-state index in [4.69, 9.17) is 0 Å². The van der Waals surface area contributed by atoms with Crippen molar-refractivity contribution in [2.24, 2.45) is 7.05 Å². The first kappa shape index (κ1) is 12.3. The summed E-state index contributed by atoms with van der Waals surface area (Å²) in [5.41, 5.74) is 1.55. The minimum Gasteiger partial charge on any atom is -0.316 e. The van der Waals surface area contributed by atoms with Gasteiger partial charge in [-0.05, 0) is 6.42 Å². The lowest BCUT2D eigenvalue weighted by Crippen LogP contribution is -2.14.